The lowest BCUT2D eigenvalue weighted by molar-refractivity contribution is -0.115. The van der Waals surface area contributed by atoms with Gasteiger partial charge in [0.1, 0.15) is 5.69 Å². The van der Waals surface area contributed by atoms with E-state index in [-0.39, 0.29) is 18.2 Å². The SMILES string of the molecule is CCNc1c(OC)c(Nc2nccc(-c3cn(C)c4ccccc34)n2)cc(NC(=O)CCCl)c1N(C)C. The Hall–Kier alpha value is -3.98. The minimum absolute atomic E-state index is 0.175. The van der Waals surface area contributed by atoms with Gasteiger partial charge < -0.3 is 30.2 Å². The molecule has 0 radical (unpaired) electrons. The molecule has 9 nitrogen and oxygen atoms in total. The minimum atomic E-state index is -0.175. The van der Waals surface area contributed by atoms with Crippen molar-refractivity contribution < 1.29 is 9.53 Å². The summed E-state index contributed by atoms with van der Waals surface area (Å²) in [7, 11) is 7.46. The molecule has 0 aliphatic carbocycles. The molecule has 0 saturated heterocycles. The Morgan fingerprint density at radius 2 is 1.97 bits per heavy atom. The highest BCUT2D eigenvalue weighted by molar-refractivity contribution is 6.19. The maximum absolute atomic E-state index is 12.5. The van der Waals surface area contributed by atoms with Gasteiger partial charge >= 0.3 is 0 Å². The van der Waals surface area contributed by atoms with E-state index in [0.29, 0.717) is 29.6 Å². The molecule has 1 amide bonds. The lowest BCUT2D eigenvalue weighted by atomic mass is 10.1. The predicted octanol–water partition coefficient (Wildman–Crippen LogP) is 5.45. The maximum Gasteiger partial charge on any atom is 0.227 e. The van der Waals surface area contributed by atoms with Crippen LogP contribution < -0.4 is 25.6 Å². The number of para-hydroxylation sites is 1. The van der Waals surface area contributed by atoms with Crippen molar-refractivity contribution in [2.45, 2.75) is 13.3 Å². The van der Waals surface area contributed by atoms with Gasteiger partial charge in [-0.15, -0.1) is 11.6 Å². The Morgan fingerprint density at radius 3 is 2.68 bits per heavy atom. The van der Waals surface area contributed by atoms with Crippen LogP contribution in [0.4, 0.5) is 28.7 Å². The molecule has 2 aromatic carbocycles. The van der Waals surface area contributed by atoms with Crippen molar-refractivity contribution >= 4 is 57.1 Å². The summed E-state index contributed by atoms with van der Waals surface area (Å²) >= 11 is 5.80. The molecule has 0 aliphatic rings. The van der Waals surface area contributed by atoms with Gasteiger partial charge in [-0.05, 0) is 25.1 Å². The first-order chi connectivity index (χ1) is 17.9. The molecule has 10 heteroatoms. The summed E-state index contributed by atoms with van der Waals surface area (Å²) in [5.41, 5.74) is 5.69. The molecule has 0 saturated carbocycles. The van der Waals surface area contributed by atoms with Gasteiger partial charge in [-0.25, -0.2) is 9.97 Å². The van der Waals surface area contributed by atoms with Crippen LogP contribution in [0.1, 0.15) is 13.3 Å². The van der Waals surface area contributed by atoms with Crippen molar-refractivity contribution in [2.75, 3.05) is 54.5 Å². The third-order valence-corrected chi connectivity index (χ3v) is 6.12. The Kier molecular flexibility index (Phi) is 8.03. The maximum atomic E-state index is 12.5. The average Bonchev–Trinajstić information content (AvgIpc) is 3.21. The zero-order chi connectivity index (χ0) is 26.5. The quantitative estimate of drug-likeness (QED) is 0.239. The van der Waals surface area contributed by atoms with Crippen LogP contribution in [-0.4, -0.2) is 54.1 Å². The van der Waals surface area contributed by atoms with Crippen LogP contribution in [0.25, 0.3) is 22.2 Å². The standard InChI is InChI=1S/C27H32ClN7O2/c1-6-29-24-25(34(2)3)20(31-23(36)11-13-28)15-21(26(24)37-5)33-27-30-14-12-19(32-27)18-16-35(4)22-10-8-7-9-17(18)22/h7-10,12,14-16,29H,6,11,13H2,1-5H3,(H,31,36)(H,30,32,33). The number of carbonyl (C=O) groups is 1. The number of ether oxygens (including phenoxy) is 1. The summed E-state index contributed by atoms with van der Waals surface area (Å²) in [6.07, 6.45) is 3.99. The van der Waals surface area contributed by atoms with E-state index in [9.17, 15) is 4.79 Å². The second kappa shape index (κ2) is 11.4. The Bertz CT molecular complexity index is 1420. The number of anilines is 5. The lowest BCUT2D eigenvalue weighted by Gasteiger charge is -2.26. The van der Waals surface area contributed by atoms with Gasteiger partial charge in [-0.1, -0.05) is 18.2 Å². The second-order valence-corrected chi connectivity index (χ2v) is 9.08. The second-order valence-electron chi connectivity index (χ2n) is 8.70. The molecule has 0 fully saturated rings. The van der Waals surface area contributed by atoms with E-state index in [4.69, 9.17) is 21.3 Å². The minimum Gasteiger partial charge on any atom is -0.492 e. The van der Waals surface area contributed by atoms with E-state index in [0.717, 1.165) is 33.5 Å². The number of nitrogens with one attached hydrogen (secondary N) is 3. The molecule has 0 unspecified atom stereocenters. The summed E-state index contributed by atoms with van der Waals surface area (Å²) < 4.78 is 7.92. The van der Waals surface area contributed by atoms with Gasteiger partial charge in [0, 0.05) is 68.8 Å². The summed E-state index contributed by atoms with van der Waals surface area (Å²) in [5, 5.41) is 10.8. The number of fused-ring (bicyclic) bond motifs is 1. The fourth-order valence-electron chi connectivity index (χ4n) is 4.39. The third-order valence-electron chi connectivity index (χ3n) is 5.93. The fraction of sp³-hybridized carbons (Fsp3) is 0.296. The number of carbonyl (C=O) groups excluding carboxylic acids is 1. The average molecular weight is 522 g/mol. The number of aromatic nitrogens is 3. The number of hydrogen-bond donors (Lipinski definition) is 3. The Morgan fingerprint density at radius 1 is 1.19 bits per heavy atom. The normalized spacial score (nSPS) is 10.9. The number of halogens is 1. The molecule has 4 aromatic rings. The monoisotopic (exact) mass is 521 g/mol. The first kappa shape index (κ1) is 26.1. The van der Waals surface area contributed by atoms with E-state index >= 15 is 0 Å². The van der Waals surface area contributed by atoms with E-state index in [1.165, 1.54) is 0 Å². The van der Waals surface area contributed by atoms with Gasteiger partial charge in [-0.2, -0.15) is 0 Å². The summed E-state index contributed by atoms with van der Waals surface area (Å²) in [6, 6.07) is 11.9. The Balaban J connectivity index is 1.80. The summed E-state index contributed by atoms with van der Waals surface area (Å²) in [6.45, 7) is 2.66. The molecular weight excluding hydrogens is 490 g/mol. The van der Waals surface area contributed by atoms with Crippen molar-refractivity contribution in [3.8, 4) is 17.0 Å². The van der Waals surface area contributed by atoms with Crippen LogP contribution in [0.3, 0.4) is 0 Å². The first-order valence-electron chi connectivity index (χ1n) is 12.0. The molecule has 2 aromatic heterocycles. The largest absolute Gasteiger partial charge is 0.492 e. The van der Waals surface area contributed by atoms with Gasteiger partial charge in [-0.3, -0.25) is 4.79 Å². The van der Waals surface area contributed by atoms with Gasteiger partial charge in [0.25, 0.3) is 0 Å². The molecule has 0 atom stereocenters. The van der Waals surface area contributed by atoms with Crippen molar-refractivity contribution in [1.82, 2.24) is 14.5 Å². The molecule has 194 valence electrons. The van der Waals surface area contributed by atoms with E-state index < -0.39 is 0 Å². The van der Waals surface area contributed by atoms with Crippen LogP contribution in [0.15, 0.2) is 48.8 Å². The van der Waals surface area contributed by atoms with Crippen LogP contribution in [0.5, 0.6) is 5.75 Å². The highest BCUT2D eigenvalue weighted by Crippen LogP contribution is 2.46. The van der Waals surface area contributed by atoms with E-state index in [1.807, 2.05) is 57.2 Å². The Labute approximate surface area is 221 Å². The molecule has 2 heterocycles. The van der Waals surface area contributed by atoms with Crippen molar-refractivity contribution in [1.29, 1.82) is 0 Å². The summed E-state index contributed by atoms with van der Waals surface area (Å²) in [4.78, 5) is 23.7. The summed E-state index contributed by atoms with van der Waals surface area (Å²) in [5.74, 6) is 1.05. The number of amides is 1. The van der Waals surface area contributed by atoms with Crippen molar-refractivity contribution in [3.05, 3.63) is 48.8 Å². The highest BCUT2D eigenvalue weighted by atomic mass is 35.5. The number of benzene rings is 2. The highest BCUT2D eigenvalue weighted by Gasteiger charge is 2.22. The van der Waals surface area contributed by atoms with Crippen LogP contribution in [-0.2, 0) is 11.8 Å². The number of rotatable bonds is 10. The van der Waals surface area contributed by atoms with Gasteiger partial charge in [0.15, 0.2) is 5.75 Å². The van der Waals surface area contributed by atoms with E-state index in [1.54, 1.807) is 13.3 Å². The molecular formula is C27H32ClN7O2. The first-order valence-corrected chi connectivity index (χ1v) is 12.6. The zero-order valence-electron chi connectivity index (χ0n) is 21.7. The van der Waals surface area contributed by atoms with Crippen LogP contribution >= 0.6 is 11.6 Å². The van der Waals surface area contributed by atoms with E-state index in [2.05, 4.69) is 43.8 Å². The fourth-order valence-corrected chi connectivity index (χ4v) is 4.57. The molecule has 0 bridgehead atoms. The molecule has 37 heavy (non-hydrogen) atoms. The topological polar surface area (TPSA) is 96.3 Å². The number of alkyl halides is 1. The smallest absolute Gasteiger partial charge is 0.227 e. The third kappa shape index (κ3) is 5.41. The molecule has 0 aliphatic heterocycles. The lowest BCUT2D eigenvalue weighted by Crippen LogP contribution is -2.19. The number of hydrogen-bond acceptors (Lipinski definition) is 7. The van der Waals surface area contributed by atoms with Gasteiger partial charge in [0.05, 0.1) is 29.9 Å². The number of aryl methyl sites for hydroxylation is 1. The zero-order valence-corrected chi connectivity index (χ0v) is 22.5. The molecule has 3 N–H and O–H groups in total. The van der Waals surface area contributed by atoms with Gasteiger partial charge in [0.2, 0.25) is 11.9 Å². The van der Waals surface area contributed by atoms with Crippen LogP contribution in [0.2, 0.25) is 0 Å². The molecule has 0 spiro atoms. The number of nitrogens with zero attached hydrogens (tertiary/aromatic N) is 4. The van der Waals surface area contributed by atoms with Crippen LogP contribution in [0, 0.1) is 0 Å². The van der Waals surface area contributed by atoms with Crippen molar-refractivity contribution in [2.24, 2.45) is 7.05 Å². The van der Waals surface area contributed by atoms with Crippen molar-refractivity contribution in [3.63, 3.8) is 0 Å². The predicted molar refractivity (Wildman–Crippen MR) is 153 cm³/mol. The molecule has 4 rings (SSSR count). The number of methoxy groups -OCH3 is 1.